The standard InChI is InChI=1S/C12H8Br3NOS/c13-7-1-3-10(14)9(5-7)12(17)16-6-8-2-4-11(15)18-8/h1-5H,6H2,(H,16,17). The smallest absolute Gasteiger partial charge is 0.252 e. The zero-order valence-electron chi connectivity index (χ0n) is 9.04. The number of benzene rings is 1. The first kappa shape index (κ1) is 14.2. The first-order valence-corrected chi connectivity index (χ1v) is 8.23. The van der Waals surface area contributed by atoms with Gasteiger partial charge in [0.1, 0.15) is 0 Å². The van der Waals surface area contributed by atoms with Crippen molar-refractivity contribution in [2.75, 3.05) is 0 Å². The van der Waals surface area contributed by atoms with Crippen LogP contribution in [0.4, 0.5) is 0 Å². The molecule has 6 heteroatoms. The van der Waals surface area contributed by atoms with E-state index in [9.17, 15) is 4.79 Å². The molecule has 94 valence electrons. The maximum Gasteiger partial charge on any atom is 0.252 e. The zero-order chi connectivity index (χ0) is 13.1. The Balaban J connectivity index is 2.05. The van der Waals surface area contributed by atoms with Gasteiger partial charge in [-0.3, -0.25) is 4.79 Å². The number of rotatable bonds is 3. The second-order valence-corrected chi connectivity index (χ2v) is 7.83. The fraction of sp³-hybridized carbons (Fsp3) is 0.0833. The summed E-state index contributed by atoms with van der Waals surface area (Å²) in [6, 6.07) is 9.49. The lowest BCUT2D eigenvalue weighted by atomic mass is 10.2. The van der Waals surface area contributed by atoms with Gasteiger partial charge in [0.05, 0.1) is 15.9 Å². The molecule has 0 aliphatic heterocycles. The number of hydrogen-bond donors (Lipinski definition) is 1. The summed E-state index contributed by atoms with van der Waals surface area (Å²) < 4.78 is 2.74. The Bertz CT molecular complexity index is 582. The molecule has 0 radical (unpaired) electrons. The minimum atomic E-state index is -0.0901. The summed E-state index contributed by atoms with van der Waals surface area (Å²) in [4.78, 5) is 13.1. The molecule has 0 atom stereocenters. The first-order valence-electron chi connectivity index (χ1n) is 5.04. The van der Waals surface area contributed by atoms with Crippen molar-refractivity contribution in [3.63, 3.8) is 0 Å². The zero-order valence-corrected chi connectivity index (χ0v) is 14.6. The molecular weight excluding hydrogens is 446 g/mol. The SMILES string of the molecule is O=C(NCc1ccc(Br)s1)c1cc(Br)ccc1Br. The molecule has 1 amide bonds. The van der Waals surface area contributed by atoms with Crippen molar-refractivity contribution in [1.29, 1.82) is 0 Å². The Hall–Kier alpha value is -0.170. The van der Waals surface area contributed by atoms with Crippen LogP contribution >= 0.6 is 59.1 Å². The fourth-order valence-corrected chi connectivity index (χ4v) is 3.59. The Morgan fingerprint density at radius 2 is 1.94 bits per heavy atom. The van der Waals surface area contributed by atoms with Crippen LogP contribution in [0.15, 0.2) is 43.1 Å². The van der Waals surface area contributed by atoms with Crippen molar-refractivity contribution >= 4 is 65.0 Å². The molecule has 2 aromatic rings. The maximum absolute atomic E-state index is 12.0. The van der Waals surface area contributed by atoms with E-state index in [4.69, 9.17) is 0 Å². The highest BCUT2D eigenvalue weighted by atomic mass is 79.9. The van der Waals surface area contributed by atoms with Gasteiger partial charge in [-0.25, -0.2) is 0 Å². The van der Waals surface area contributed by atoms with Crippen LogP contribution in [0.2, 0.25) is 0 Å². The number of carbonyl (C=O) groups excluding carboxylic acids is 1. The normalized spacial score (nSPS) is 10.4. The van der Waals surface area contributed by atoms with Crippen LogP contribution in [0.3, 0.4) is 0 Å². The van der Waals surface area contributed by atoms with Gasteiger partial charge in [0, 0.05) is 13.8 Å². The summed E-state index contributed by atoms with van der Waals surface area (Å²) in [7, 11) is 0. The van der Waals surface area contributed by atoms with E-state index in [1.165, 1.54) is 0 Å². The van der Waals surface area contributed by atoms with E-state index in [-0.39, 0.29) is 5.91 Å². The lowest BCUT2D eigenvalue weighted by molar-refractivity contribution is 0.0950. The van der Waals surface area contributed by atoms with Gasteiger partial charge in [0.15, 0.2) is 0 Å². The molecule has 1 heterocycles. The number of amides is 1. The highest BCUT2D eigenvalue weighted by Crippen LogP contribution is 2.23. The predicted molar refractivity (Wildman–Crippen MR) is 85.0 cm³/mol. The minimum absolute atomic E-state index is 0.0901. The molecule has 1 aromatic carbocycles. The third-order valence-electron chi connectivity index (χ3n) is 2.23. The lowest BCUT2D eigenvalue weighted by Gasteiger charge is -2.06. The van der Waals surface area contributed by atoms with Crippen LogP contribution in [0, 0.1) is 0 Å². The number of carbonyl (C=O) groups is 1. The van der Waals surface area contributed by atoms with E-state index in [1.54, 1.807) is 17.4 Å². The van der Waals surface area contributed by atoms with E-state index in [0.717, 1.165) is 17.6 Å². The Labute approximate surface area is 134 Å². The third-order valence-corrected chi connectivity index (χ3v) is 5.03. The Morgan fingerprint density at radius 1 is 1.17 bits per heavy atom. The van der Waals surface area contributed by atoms with Gasteiger partial charge < -0.3 is 5.32 Å². The molecule has 1 aromatic heterocycles. The van der Waals surface area contributed by atoms with Gasteiger partial charge in [-0.05, 0) is 62.2 Å². The average molecular weight is 454 g/mol. The average Bonchev–Trinajstić information content (AvgIpc) is 2.75. The molecular formula is C12H8Br3NOS. The van der Waals surface area contributed by atoms with E-state index in [1.807, 2.05) is 24.3 Å². The van der Waals surface area contributed by atoms with E-state index >= 15 is 0 Å². The molecule has 18 heavy (non-hydrogen) atoms. The quantitative estimate of drug-likeness (QED) is 0.698. The molecule has 0 aliphatic carbocycles. The van der Waals surface area contributed by atoms with Crippen molar-refractivity contribution in [1.82, 2.24) is 5.32 Å². The summed E-state index contributed by atoms with van der Waals surface area (Å²) in [6.07, 6.45) is 0. The Morgan fingerprint density at radius 3 is 2.61 bits per heavy atom. The molecule has 0 spiro atoms. The molecule has 0 saturated carbocycles. The first-order chi connectivity index (χ1) is 8.56. The van der Waals surface area contributed by atoms with Crippen LogP contribution in [-0.4, -0.2) is 5.91 Å². The molecule has 0 bridgehead atoms. The van der Waals surface area contributed by atoms with Crippen molar-refractivity contribution in [3.8, 4) is 0 Å². The summed E-state index contributed by atoms with van der Waals surface area (Å²) >= 11 is 11.7. The molecule has 2 rings (SSSR count). The van der Waals surface area contributed by atoms with Crippen LogP contribution in [0.25, 0.3) is 0 Å². The van der Waals surface area contributed by atoms with Crippen molar-refractivity contribution < 1.29 is 4.79 Å². The van der Waals surface area contributed by atoms with Crippen molar-refractivity contribution in [2.45, 2.75) is 6.54 Å². The van der Waals surface area contributed by atoms with Crippen LogP contribution < -0.4 is 5.32 Å². The fourth-order valence-electron chi connectivity index (χ4n) is 1.38. The van der Waals surface area contributed by atoms with Gasteiger partial charge >= 0.3 is 0 Å². The van der Waals surface area contributed by atoms with Crippen molar-refractivity contribution in [3.05, 3.63) is 53.5 Å². The summed E-state index contributed by atoms with van der Waals surface area (Å²) in [5, 5.41) is 2.90. The molecule has 0 fully saturated rings. The van der Waals surface area contributed by atoms with Gasteiger partial charge in [-0.2, -0.15) is 0 Å². The maximum atomic E-state index is 12.0. The number of thiophene rings is 1. The summed E-state index contributed by atoms with van der Waals surface area (Å²) in [6.45, 7) is 0.536. The summed E-state index contributed by atoms with van der Waals surface area (Å²) in [5.41, 5.74) is 0.625. The number of halogens is 3. The van der Waals surface area contributed by atoms with Gasteiger partial charge in [-0.15, -0.1) is 11.3 Å². The summed E-state index contributed by atoms with van der Waals surface area (Å²) in [5.74, 6) is -0.0901. The highest BCUT2D eigenvalue weighted by Gasteiger charge is 2.10. The van der Waals surface area contributed by atoms with Crippen molar-refractivity contribution in [2.24, 2.45) is 0 Å². The van der Waals surface area contributed by atoms with E-state index in [2.05, 4.69) is 53.1 Å². The largest absolute Gasteiger partial charge is 0.347 e. The van der Waals surface area contributed by atoms with Crippen LogP contribution in [-0.2, 0) is 6.54 Å². The van der Waals surface area contributed by atoms with Crippen LogP contribution in [0.1, 0.15) is 15.2 Å². The monoisotopic (exact) mass is 451 g/mol. The lowest BCUT2D eigenvalue weighted by Crippen LogP contribution is -2.22. The van der Waals surface area contributed by atoms with Crippen LogP contribution in [0.5, 0.6) is 0 Å². The second-order valence-electron chi connectivity index (χ2n) is 3.51. The van der Waals surface area contributed by atoms with Gasteiger partial charge in [0.25, 0.3) is 5.91 Å². The molecule has 2 nitrogen and oxygen atoms in total. The molecule has 0 unspecified atom stereocenters. The Kier molecular flexibility index (Phi) is 5.00. The molecule has 0 saturated heterocycles. The minimum Gasteiger partial charge on any atom is -0.347 e. The highest BCUT2D eigenvalue weighted by molar-refractivity contribution is 9.11. The van der Waals surface area contributed by atoms with E-state index < -0.39 is 0 Å². The second kappa shape index (κ2) is 6.32. The number of hydrogen-bond acceptors (Lipinski definition) is 2. The molecule has 1 N–H and O–H groups in total. The topological polar surface area (TPSA) is 29.1 Å². The third kappa shape index (κ3) is 3.66. The van der Waals surface area contributed by atoms with E-state index in [0.29, 0.717) is 12.1 Å². The number of nitrogens with one attached hydrogen (secondary N) is 1. The predicted octanol–water partition coefficient (Wildman–Crippen LogP) is 4.97. The van der Waals surface area contributed by atoms with Gasteiger partial charge in [-0.1, -0.05) is 15.9 Å². The van der Waals surface area contributed by atoms with Gasteiger partial charge in [0.2, 0.25) is 0 Å². The molecule has 0 aliphatic rings.